The molecular formula is C26H27ClN8O4. The molecule has 2 saturated carbocycles. The zero-order chi connectivity index (χ0) is 27.3. The molecule has 4 aromatic heterocycles. The molecule has 12 nitrogen and oxygen atoms in total. The van der Waals surface area contributed by atoms with Crippen molar-refractivity contribution < 1.29 is 14.6 Å². The molecule has 4 aromatic rings. The Labute approximate surface area is 228 Å². The van der Waals surface area contributed by atoms with E-state index in [-0.39, 0.29) is 39.8 Å². The van der Waals surface area contributed by atoms with Gasteiger partial charge >= 0.3 is 0 Å². The fourth-order valence-electron chi connectivity index (χ4n) is 4.48. The third kappa shape index (κ3) is 4.66. The second-order valence-corrected chi connectivity index (χ2v) is 10.1. The third-order valence-corrected chi connectivity index (χ3v) is 7.38. The summed E-state index contributed by atoms with van der Waals surface area (Å²) < 4.78 is 15.2. The zero-order valence-corrected chi connectivity index (χ0v) is 22.1. The summed E-state index contributed by atoms with van der Waals surface area (Å²) in [5.74, 6) is 1.43. The van der Waals surface area contributed by atoms with E-state index < -0.39 is 6.10 Å². The molecular weight excluding hydrogens is 524 g/mol. The molecule has 2 aliphatic rings. The lowest BCUT2D eigenvalue weighted by atomic mass is 9.92. The van der Waals surface area contributed by atoms with Crippen molar-refractivity contribution in [2.24, 2.45) is 19.8 Å². The minimum absolute atomic E-state index is 0.149. The predicted octanol–water partition coefficient (Wildman–Crippen LogP) is 2.97. The Morgan fingerprint density at radius 1 is 1.21 bits per heavy atom. The van der Waals surface area contributed by atoms with Gasteiger partial charge in [0.05, 0.1) is 12.3 Å². The number of aliphatic hydroxyl groups is 1. The van der Waals surface area contributed by atoms with Gasteiger partial charge in [-0.05, 0) is 43.2 Å². The number of nitrogens with zero attached hydrogens (tertiary/aromatic N) is 6. The molecule has 0 aliphatic heterocycles. The van der Waals surface area contributed by atoms with Crippen LogP contribution in [0.15, 0.2) is 41.8 Å². The topological polar surface area (TPSA) is 155 Å². The molecule has 4 N–H and O–H groups in total. The van der Waals surface area contributed by atoms with Crippen LogP contribution < -0.4 is 26.1 Å². The molecule has 0 unspecified atom stereocenters. The Kier molecular flexibility index (Phi) is 6.35. The first-order valence-electron chi connectivity index (χ1n) is 12.6. The van der Waals surface area contributed by atoms with Crippen molar-refractivity contribution in [1.29, 1.82) is 0 Å². The van der Waals surface area contributed by atoms with Gasteiger partial charge in [-0.15, -0.1) is 0 Å². The van der Waals surface area contributed by atoms with Crippen molar-refractivity contribution in [1.82, 2.24) is 29.1 Å². The van der Waals surface area contributed by atoms with Crippen LogP contribution in [0.3, 0.4) is 0 Å². The van der Waals surface area contributed by atoms with Gasteiger partial charge in [-0.3, -0.25) is 4.79 Å². The van der Waals surface area contributed by atoms with Gasteiger partial charge in [-0.1, -0.05) is 11.6 Å². The monoisotopic (exact) mass is 550 g/mol. The van der Waals surface area contributed by atoms with E-state index in [4.69, 9.17) is 26.8 Å². The Bertz CT molecular complexity index is 1660. The maximum absolute atomic E-state index is 12.8. The molecule has 202 valence electrons. The third-order valence-electron chi connectivity index (χ3n) is 7.01. The molecule has 0 saturated heterocycles. The molecule has 2 atom stereocenters. The summed E-state index contributed by atoms with van der Waals surface area (Å²) in [4.78, 5) is 30.3. The highest BCUT2D eigenvalue weighted by Crippen LogP contribution is 2.40. The van der Waals surface area contributed by atoms with E-state index in [2.05, 4.69) is 25.3 Å². The van der Waals surface area contributed by atoms with Crippen molar-refractivity contribution in [3.8, 4) is 11.6 Å². The lowest BCUT2D eigenvalue weighted by molar-refractivity contribution is -0.0386. The van der Waals surface area contributed by atoms with Crippen LogP contribution in [0.25, 0.3) is 16.9 Å². The molecule has 0 radical (unpaired) electrons. The van der Waals surface area contributed by atoms with Crippen LogP contribution in [-0.2, 0) is 14.1 Å². The summed E-state index contributed by atoms with van der Waals surface area (Å²) in [6, 6.07) is 1.88. The van der Waals surface area contributed by atoms with Crippen molar-refractivity contribution in [2.75, 3.05) is 5.32 Å². The standard InChI is InChI=1S/C26H27ClN8O4/c1-34-12-14(13-3-4-13)9-15(25(34)37)32-26-33-23-22(35(26)2)20(27)19(11-31-23)38-18(10-28)21-24(30-8-7-29-21)39-17-6-5-16(17)36/h7-13,16-17,36H,3-6,28H2,1-2H3,(H,31,32,33)/b18-10+/t16-,17-/m1/s1. The smallest absolute Gasteiger partial charge is 0.274 e. The molecule has 0 spiro atoms. The van der Waals surface area contributed by atoms with E-state index in [0.717, 1.165) is 18.4 Å². The molecule has 4 heterocycles. The Hall–Kier alpha value is -4.16. The fourth-order valence-corrected chi connectivity index (χ4v) is 4.78. The number of nitrogens with one attached hydrogen (secondary N) is 1. The van der Waals surface area contributed by atoms with Gasteiger partial charge in [0.25, 0.3) is 5.56 Å². The maximum atomic E-state index is 12.8. The molecule has 13 heteroatoms. The number of imidazole rings is 1. The van der Waals surface area contributed by atoms with E-state index in [1.54, 1.807) is 23.2 Å². The van der Waals surface area contributed by atoms with Crippen LogP contribution in [0, 0.1) is 0 Å². The highest BCUT2D eigenvalue weighted by molar-refractivity contribution is 6.36. The van der Waals surface area contributed by atoms with Gasteiger partial charge in [-0.25, -0.2) is 15.0 Å². The number of aliphatic hydroxyl groups excluding tert-OH is 1. The number of ether oxygens (including phenoxy) is 2. The second kappa shape index (κ2) is 9.86. The lowest BCUT2D eigenvalue weighted by Gasteiger charge is -2.32. The van der Waals surface area contributed by atoms with E-state index in [1.165, 1.54) is 24.8 Å². The van der Waals surface area contributed by atoms with Gasteiger partial charge in [-0.2, -0.15) is 4.98 Å². The van der Waals surface area contributed by atoms with Crippen molar-refractivity contribution in [3.05, 3.63) is 63.7 Å². The molecule has 0 aromatic carbocycles. The summed E-state index contributed by atoms with van der Waals surface area (Å²) in [6.45, 7) is 0. The molecule has 39 heavy (non-hydrogen) atoms. The largest absolute Gasteiger partial charge is 0.470 e. The van der Waals surface area contributed by atoms with Gasteiger partial charge in [0.15, 0.2) is 22.8 Å². The number of rotatable bonds is 8. The summed E-state index contributed by atoms with van der Waals surface area (Å²) in [5.41, 5.74) is 8.39. The highest BCUT2D eigenvalue weighted by atomic mass is 35.5. The Morgan fingerprint density at radius 3 is 2.69 bits per heavy atom. The number of fused-ring (bicyclic) bond motifs is 1. The number of anilines is 2. The van der Waals surface area contributed by atoms with E-state index >= 15 is 0 Å². The van der Waals surface area contributed by atoms with Crippen molar-refractivity contribution in [2.45, 2.75) is 43.8 Å². The van der Waals surface area contributed by atoms with Crippen molar-refractivity contribution in [3.63, 3.8) is 0 Å². The molecule has 6 rings (SSSR count). The van der Waals surface area contributed by atoms with Crippen LogP contribution in [0.5, 0.6) is 11.6 Å². The number of aromatic nitrogens is 6. The normalized spacial score (nSPS) is 19.1. The second-order valence-electron chi connectivity index (χ2n) is 9.75. The van der Waals surface area contributed by atoms with E-state index in [0.29, 0.717) is 41.6 Å². The van der Waals surface area contributed by atoms with Gasteiger partial charge < -0.3 is 34.8 Å². The zero-order valence-electron chi connectivity index (χ0n) is 21.3. The average molecular weight is 551 g/mol. The number of hydrogen-bond donors (Lipinski definition) is 3. The molecule has 0 amide bonds. The van der Waals surface area contributed by atoms with Crippen LogP contribution in [0.1, 0.15) is 42.9 Å². The number of nitrogens with two attached hydrogens (primary N) is 1. The molecule has 2 aliphatic carbocycles. The van der Waals surface area contributed by atoms with Gasteiger partial charge in [0.1, 0.15) is 22.3 Å². The summed E-state index contributed by atoms with van der Waals surface area (Å²) >= 11 is 6.77. The number of hydrogen-bond acceptors (Lipinski definition) is 10. The lowest BCUT2D eigenvalue weighted by Crippen LogP contribution is -2.41. The average Bonchev–Trinajstić information content (AvgIpc) is 3.73. The molecule has 2 fully saturated rings. The van der Waals surface area contributed by atoms with Crippen molar-refractivity contribution >= 4 is 40.2 Å². The van der Waals surface area contributed by atoms with E-state index in [1.807, 2.05) is 12.3 Å². The minimum atomic E-state index is -0.559. The first kappa shape index (κ1) is 25.1. The number of halogens is 1. The van der Waals surface area contributed by atoms with E-state index in [9.17, 15) is 9.90 Å². The SMILES string of the molecule is Cn1cc(C2CC2)cc(Nc2nc3ncc(O/C(=C/N)c4nccnc4O[C@@H]4CC[C@H]4O)c(Cl)c3n2C)c1=O. The van der Waals surface area contributed by atoms with Crippen LogP contribution >= 0.6 is 11.6 Å². The first-order valence-corrected chi connectivity index (χ1v) is 13.0. The van der Waals surface area contributed by atoms with Crippen LogP contribution in [0.4, 0.5) is 11.6 Å². The quantitative estimate of drug-likeness (QED) is 0.279. The summed E-state index contributed by atoms with van der Waals surface area (Å²) in [6.07, 6.45) is 10.2. The van der Waals surface area contributed by atoms with Crippen LogP contribution in [0.2, 0.25) is 5.02 Å². The summed E-state index contributed by atoms with van der Waals surface area (Å²) in [5, 5.41) is 13.3. The molecule has 0 bridgehead atoms. The highest BCUT2D eigenvalue weighted by Gasteiger charge is 2.32. The minimum Gasteiger partial charge on any atom is -0.470 e. The maximum Gasteiger partial charge on any atom is 0.274 e. The van der Waals surface area contributed by atoms with Crippen LogP contribution in [-0.4, -0.2) is 46.4 Å². The fraction of sp³-hybridized carbons (Fsp3) is 0.346. The summed E-state index contributed by atoms with van der Waals surface area (Å²) in [7, 11) is 3.50. The van der Waals surface area contributed by atoms with Gasteiger partial charge in [0.2, 0.25) is 11.8 Å². The number of pyridine rings is 2. The first-order chi connectivity index (χ1) is 18.8. The Morgan fingerprint density at radius 2 is 2.00 bits per heavy atom. The van der Waals surface area contributed by atoms with Gasteiger partial charge in [0, 0.05) is 38.9 Å². The Balaban J connectivity index is 1.30. The predicted molar refractivity (Wildman–Crippen MR) is 145 cm³/mol. The number of aryl methyl sites for hydroxylation is 2.